The Morgan fingerprint density at radius 2 is 2.00 bits per heavy atom. The molecule has 1 aliphatic heterocycles. The van der Waals surface area contributed by atoms with Crippen LogP contribution in [-0.4, -0.2) is 70.3 Å². The summed E-state index contributed by atoms with van der Waals surface area (Å²) in [4.78, 5) is 36.9. The Kier molecular flexibility index (Phi) is 5.52. The molecule has 0 atom stereocenters. The molecule has 0 N–H and O–H groups in total. The van der Waals surface area contributed by atoms with Crippen molar-refractivity contribution in [1.29, 1.82) is 0 Å². The zero-order chi connectivity index (χ0) is 16.9. The van der Waals surface area contributed by atoms with Gasteiger partial charge in [0, 0.05) is 31.6 Å². The first-order valence-corrected chi connectivity index (χ1v) is 9.56. The average Bonchev–Trinajstić information content (AvgIpc) is 3.09. The number of thioether (sulfide) groups is 1. The molecule has 1 fully saturated rings. The van der Waals surface area contributed by atoms with Gasteiger partial charge in [-0.15, -0.1) is 11.3 Å². The van der Waals surface area contributed by atoms with Gasteiger partial charge in [0.25, 0.3) is 0 Å². The molecular formula is C15H18N4O3S2. The van der Waals surface area contributed by atoms with Crippen LogP contribution in [0.2, 0.25) is 0 Å². The highest BCUT2D eigenvalue weighted by atomic mass is 32.2. The SMILES string of the molecule is CCOC(=O)N1CCN(C(=O)CSc2ncnc3sccc23)CC1. The van der Waals surface area contributed by atoms with Gasteiger partial charge < -0.3 is 14.5 Å². The van der Waals surface area contributed by atoms with E-state index in [1.807, 2.05) is 11.4 Å². The summed E-state index contributed by atoms with van der Waals surface area (Å²) in [6.45, 7) is 4.25. The third kappa shape index (κ3) is 3.78. The van der Waals surface area contributed by atoms with Crippen LogP contribution in [0.25, 0.3) is 10.2 Å². The minimum atomic E-state index is -0.306. The van der Waals surface area contributed by atoms with E-state index in [2.05, 4.69) is 9.97 Å². The maximum absolute atomic E-state index is 12.4. The van der Waals surface area contributed by atoms with Gasteiger partial charge in [-0.05, 0) is 18.4 Å². The van der Waals surface area contributed by atoms with Crippen molar-refractivity contribution >= 4 is 45.3 Å². The van der Waals surface area contributed by atoms with E-state index in [1.165, 1.54) is 18.1 Å². The lowest BCUT2D eigenvalue weighted by atomic mass is 10.3. The van der Waals surface area contributed by atoms with Crippen LogP contribution < -0.4 is 0 Å². The van der Waals surface area contributed by atoms with Crippen molar-refractivity contribution in [2.75, 3.05) is 38.5 Å². The number of carbonyl (C=O) groups excluding carboxylic acids is 2. The van der Waals surface area contributed by atoms with E-state index in [9.17, 15) is 9.59 Å². The summed E-state index contributed by atoms with van der Waals surface area (Å²) in [5, 5.41) is 3.80. The molecule has 0 bridgehead atoms. The van der Waals surface area contributed by atoms with E-state index >= 15 is 0 Å². The van der Waals surface area contributed by atoms with Crippen LogP contribution >= 0.6 is 23.1 Å². The van der Waals surface area contributed by atoms with E-state index in [0.717, 1.165) is 15.2 Å². The van der Waals surface area contributed by atoms with Crippen LogP contribution in [0.1, 0.15) is 6.92 Å². The van der Waals surface area contributed by atoms with Gasteiger partial charge in [-0.2, -0.15) is 0 Å². The molecule has 0 saturated carbocycles. The second-order valence-electron chi connectivity index (χ2n) is 5.17. The maximum atomic E-state index is 12.4. The number of hydrogen-bond donors (Lipinski definition) is 0. The predicted molar refractivity (Wildman–Crippen MR) is 93.3 cm³/mol. The van der Waals surface area contributed by atoms with Crippen molar-refractivity contribution in [2.24, 2.45) is 0 Å². The summed E-state index contributed by atoms with van der Waals surface area (Å²) in [6.07, 6.45) is 1.23. The Hall–Kier alpha value is -1.87. The number of ether oxygens (including phenoxy) is 1. The van der Waals surface area contributed by atoms with Crippen molar-refractivity contribution in [2.45, 2.75) is 11.9 Å². The summed E-state index contributed by atoms with van der Waals surface area (Å²) < 4.78 is 4.98. The summed E-state index contributed by atoms with van der Waals surface area (Å²) >= 11 is 2.99. The Morgan fingerprint density at radius 1 is 1.25 bits per heavy atom. The van der Waals surface area contributed by atoms with E-state index in [4.69, 9.17) is 4.74 Å². The maximum Gasteiger partial charge on any atom is 0.409 e. The summed E-state index contributed by atoms with van der Waals surface area (Å²) in [6, 6.07) is 1.98. The fraction of sp³-hybridized carbons (Fsp3) is 0.467. The van der Waals surface area contributed by atoms with Crippen molar-refractivity contribution in [1.82, 2.24) is 19.8 Å². The molecule has 7 nitrogen and oxygen atoms in total. The van der Waals surface area contributed by atoms with Gasteiger partial charge in [-0.1, -0.05) is 11.8 Å². The van der Waals surface area contributed by atoms with E-state index in [-0.39, 0.29) is 12.0 Å². The Labute approximate surface area is 148 Å². The Bertz CT molecular complexity index is 728. The smallest absolute Gasteiger partial charge is 0.409 e. The molecule has 0 aliphatic carbocycles. The molecular weight excluding hydrogens is 348 g/mol. The van der Waals surface area contributed by atoms with Gasteiger partial charge in [-0.25, -0.2) is 14.8 Å². The second-order valence-corrected chi connectivity index (χ2v) is 7.03. The van der Waals surface area contributed by atoms with Crippen molar-refractivity contribution in [3.8, 4) is 0 Å². The van der Waals surface area contributed by atoms with Gasteiger partial charge in [0.05, 0.1) is 12.4 Å². The van der Waals surface area contributed by atoms with Gasteiger partial charge in [0.1, 0.15) is 16.2 Å². The van der Waals surface area contributed by atoms with E-state index in [0.29, 0.717) is 38.5 Å². The highest BCUT2D eigenvalue weighted by Gasteiger charge is 2.24. The molecule has 3 rings (SSSR count). The third-order valence-electron chi connectivity index (χ3n) is 3.72. The summed E-state index contributed by atoms with van der Waals surface area (Å²) in [5.41, 5.74) is 0. The van der Waals surface area contributed by atoms with E-state index in [1.54, 1.807) is 28.1 Å². The van der Waals surface area contributed by atoms with Crippen molar-refractivity contribution in [3.63, 3.8) is 0 Å². The topological polar surface area (TPSA) is 75.6 Å². The van der Waals surface area contributed by atoms with Crippen LogP contribution in [0.4, 0.5) is 4.79 Å². The number of carbonyl (C=O) groups is 2. The Balaban J connectivity index is 1.51. The third-order valence-corrected chi connectivity index (χ3v) is 5.53. The fourth-order valence-corrected chi connectivity index (χ4v) is 4.14. The van der Waals surface area contributed by atoms with Gasteiger partial charge >= 0.3 is 6.09 Å². The lowest BCUT2D eigenvalue weighted by molar-refractivity contribution is -0.129. The minimum absolute atomic E-state index is 0.0606. The second kappa shape index (κ2) is 7.80. The van der Waals surface area contributed by atoms with Crippen LogP contribution in [-0.2, 0) is 9.53 Å². The number of rotatable bonds is 4. The zero-order valence-corrected chi connectivity index (χ0v) is 14.9. The number of nitrogens with zero attached hydrogens (tertiary/aromatic N) is 4. The fourth-order valence-electron chi connectivity index (χ4n) is 2.46. The lowest BCUT2D eigenvalue weighted by Gasteiger charge is -2.34. The molecule has 24 heavy (non-hydrogen) atoms. The highest BCUT2D eigenvalue weighted by molar-refractivity contribution is 8.00. The van der Waals surface area contributed by atoms with Gasteiger partial charge in [0.2, 0.25) is 5.91 Å². The highest BCUT2D eigenvalue weighted by Crippen LogP contribution is 2.27. The van der Waals surface area contributed by atoms with Gasteiger partial charge in [-0.3, -0.25) is 4.79 Å². The number of hydrogen-bond acceptors (Lipinski definition) is 7. The molecule has 0 radical (unpaired) electrons. The van der Waals surface area contributed by atoms with Crippen molar-refractivity contribution in [3.05, 3.63) is 17.8 Å². The minimum Gasteiger partial charge on any atom is -0.450 e. The molecule has 0 aromatic carbocycles. The first-order valence-electron chi connectivity index (χ1n) is 7.69. The number of aromatic nitrogens is 2. The van der Waals surface area contributed by atoms with Crippen LogP contribution in [0.3, 0.4) is 0 Å². The molecule has 0 unspecified atom stereocenters. The molecule has 128 valence electrons. The summed E-state index contributed by atoms with van der Waals surface area (Å²) in [5.74, 6) is 0.395. The van der Waals surface area contributed by atoms with Crippen LogP contribution in [0, 0.1) is 0 Å². The Morgan fingerprint density at radius 3 is 2.75 bits per heavy atom. The lowest BCUT2D eigenvalue weighted by Crippen LogP contribution is -2.51. The number of fused-ring (bicyclic) bond motifs is 1. The first-order chi connectivity index (χ1) is 11.7. The molecule has 2 aromatic heterocycles. The van der Waals surface area contributed by atoms with Crippen LogP contribution in [0.15, 0.2) is 22.8 Å². The molecule has 2 amide bonds. The number of piperazine rings is 1. The molecule has 3 heterocycles. The van der Waals surface area contributed by atoms with Crippen molar-refractivity contribution < 1.29 is 14.3 Å². The normalized spacial score (nSPS) is 14.9. The predicted octanol–water partition coefficient (Wildman–Crippen LogP) is 2.08. The number of amides is 2. The van der Waals surface area contributed by atoms with Crippen LogP contribution in [0.5, 0.6) is 0 Å². The summed E-state index contributed by atoms with van der Waals surface area (Å²) in [7, 11) is 0. The average molecular weight is 366 g/mol. The number of thiophene rings is 1. The van der Waals surface area contributed by atoms with Gasteiger partial charge in [0.15, 0.2) is 0 Å². The quantitative estimate of drug-likeness (QED) is 0.609. The molecule has 1 saturated heterocycles. The molecule has 2 aromatic rings. The largest absolute Gasteiger partial charge is 0.450 e. The monoisotopic (exact) mass is 366 g/mol. The molecule has 0 spiro atoms. The molecule has 9 heteroatoms. The molecule has 1 aliphatic rings. The first kappa shape index (κ1) is 17.0. The van der Waals surface area contributed by atoms with E-state index < -0.39 is 0 Å². The standard InChI is InChI=1S/C15H18N4O3S2/c1-2-22-15(21)19-6-4-18(5-7-19)12(20)9-24-14-11-3-8-23-13(11)16-10-17-14/h3,8,10H,2,4-7,9H2,1H3. The zero-order valence-electron chi connectivity index (χ0n) is 13.3.